The Labute approximate surface area is 92.1 Å². The van der Waals surface area contributed by atoms with E-state index in [2.05, 4.69) is 27.8 Å². The Morgan fingerprint density at radius 1 is 1.64 bits per heavy atom. The van der Waals surface area contributed by atoms with Crippen molar-refractivity contribution in [1.82, 2.24) is 5.32 Å². The molecule has 14 heavy (non-hydrogen) atoms. The molecule has 0 aromatic heterocycles. The fraction of sp³-hybridized carbons (Fsp3) is 0.273. The zero-order chi connectivity index (χ0) is 10.6. The molecular weight excluding hydrogens is 245 g/mol. The van der Waals surface area contributed by atoms with Crippen molar-refractivity contribution in [3.8, 4) is 0 Å². The zero-order valence-electron chi connectivity index (χ0n) is 8.06. The van der Waals surface area contributed by atoms with E-state index in [1.807, 2.05) is 19.1 Å². The number of halogens is 2. The zero-order valence-corrected chi connectivity index (χ0v) is 9.64. The molecule has 0 saturated heterocycles. The van der Waals surface area contributed by atoms with Crippen molar-refractivity contribution in [2.45, 2.75) is 19.5 Å². The molecule has 0 bridgehead atoms. The Morgan fingerprint density at radius 2 is 2.36 bits per heavy atom. The lowest BCUT2D eigenvalue weighted by Gasteiger charge is -2.09. The summed E-state index contributed by atoms with van der Waals surface area (Å²) in [4.78, 5) is 0. The van der Waals surface area contributed by atoms with Crippen LogP contribution in [-0.4, -0.2) is 6.04 Å². The number of benzene rings is 1. The van der Waals surface area contributed by atoms with Crippen LogP contribution in [0, 0.1) is 5.82 Å². The van der Waals surface area contributed by atoms with Gasteiger partial charge in [-0.25, -0.2) is 4.39 Å². The molecule has 0 radical (unpaired) electrons. The monoisotopic (exact) mass is 257 g/mol. The van der Waals surface area contributed by atoms with E-state index in [0.717, 1.165) is 5.56 Å². The number of hydrogen-bond donors (Lipinski definition) is 1. The Balaban J connectivity index is 2.59. The summed E-state index contributed by atoms with van der Waals surface area (Å²) in [7, 11) is 0. The molecule has 1 rings (SSSR count). The third kappa shape index (κ3) is 3.24. The van der Waals surface area contributed by atoms with Crippen molar-refractivity contribution in [2.24, 2.45) is 0 Å². The maximum atomic E-state index is 13.1. The van der Waals surface area contributed by atoms with Gasteiger partial charge in [0.25, 0.3) is 0 Å². The highest BCUT2D eigenvalue weighted by molar-refractivity contribution is 9.10. The summed E-state index contributed by atoms with van der Waals surface area (Å²) < 4.78 is 13.6. The molecule has 1 nitrogen and oxygen atoms in total. The van der Waals surface area contributed by atoms with Gasteiger partial charge >= 0.3 is 0 Å². The predicted octanol–water partition coefficient (Wildman–Crippen LogP) is 3.25. The van der Waals surface area contributed by atoms with Crippen molar-refractivity contribution in [2.75, 3.05) is 0 Å². The van der Waals surface area contributed by atoms with Gasteiger partial charge in [-0.1, -0.05) is 12.1 Å². The van der Waals surface area contributed by atoms with E-state index in [9.17, 15) is 4.39 Å². The summed E-state index contributed by atoms with van der Waals surface area (Å²) in [5.74, 6) is -0.226. The van der Waals surface area contributed by atoms with Crippen LogP contribution in [0.4, 0.5) is 4.39 Å². The molecule has 1 N–H and O–H groups in total. The van der Waals surface area contributed by atoms with Gasteiger partial charge in [-0.05, 0) is 40.5 Å². The minimum Gasteiger partial charge on any atom is -0.307 e. The SMILES string of the molecule is C=CC(C)NCc1ccc(Br)c(F)c1. The maximum absolute atomic E-state index is 13.1. The summed E-state index contributed by atoms with van der Waals surface area (Å²) in [6.07, 6.45) is 1.81. The smallest absolute Gasteiger partial charge is 0.137 e. The highest BCUT2D eigenvalue weighted by Crippen LogP contribution is 2.16. The van der Waals surface area contributed by atoms with Crippen molar-refractivity contribution >= 4 is 15.9 Å². The second kappa shape index (κ2) is 5.27. The second-order valence-electron chi connectivity index (χ2n) is 3.15. The van der Waals surface area contributed by atoms with Gasteiger partial charge in [0.2, 0.25) is 0 Å². The molecule has 0 amide bonds. The third-order valence-electron chi connectivity index (χ3n) is 1.97. The predicted molar refractivity (Wildman–Crippen MR) is 60.6 cm³/mol. The topological polar surface area (TPSA) is 12.0 Å². The molecule has 0 aliphatic rings. The summed E-state index contributed by atoms with van der Waals surface area (Å²) >= 11 is 3.11. The van der Waals surface area contributed by atoms with Crippen LogP contribution in [0.3, 0.4) is 0 Å². The first kappa shape index (κ1) is 11.4. The summed E-state index contributed by atoms with van der Waals surface area (Å²) in [6.45, 7) is 6.31. The van der Waals surface area contributed by atoms with Crippen LogP contribution in [0.2, 0.25) is 0 Å². The van der Waals surface area contributed by atoms with Gasteiger partial charge in [-0.3, -0.25) is 0 Å². The fourth-order valence-corrected chi connectivity index (χ4v) is 1.26. The van der Waals surface area contributed by atoms with Crippen LogP contribution < -0.4 is 5.32 Å². The molecular formula is C11H13BrFN. The van der Waals surface area contributed by atoms with Crippen LogP contribution in [-0.2, 0) is 6.54 Å². The molecule has 0 fully saturated rings. The van der Waals surface area contributed by atoms with E-state index >= 15 is 0 Å². The molecule has 0 spiro atoms. The molecule has 0 aliphatic carbocycles. The molecule has 0 heterocycles. The highest BCUT2D eigenvalue weighted by atomic mass is 79.9. The van der Waals surface area contributed by atoms with Crippen molar-refractivity contribution in [1.29, 1.82) is 0 Å². The number of nitrogens with one attached hydrogen (secondary N) is 1. The van der Waals surface area contributed by atoms with Crippen LogP contribution in [0.5, 0.6) is 0 Å². The fourth-order valence-electron chi connectivity index (χ4n) is 1.01. The average molecular weight is 258 g/mol. The van der Waals surface area contributed by atoms with Gasteiger partial charge in [0.15, 0.2) is 0 Å². The lowest BCUT2D eigenvalue weighted by molar-refractivity contribution is 0.605. The van der Waals surface area contributed by atoms with Crippen molar-refractivity contribution in [3.05, 3.63) is 46.7 Å². The van der Waals surface area contributed by atoms with E-state index in [-0.39, 0.29) is 11.9 Å². The van der Waals surface area contributed by atoms with E-state index < -0.39 is 0 Å². The summed E-state index contributed by atoms with van der Waals surface area (Å²) in [5, 5.41) is 3.20. The van der Waals surface area contributed by atoms with Crippen molar-refractivity contribution < 1.29 is 4.39 Å². The Kier molecular flexibility index (Phi) is 4.29. The van der Waals surface area contributed by atoms with E-state index in [1.165, 1.54) is 6.07 Å². The van der Waals surface area contributed by atoms with Gasteiger partial charge in [0.05, 0.1) is 4.47 Å². The molecule has 1 aromatic rings. The lowest BCUT2D eigenvalue weighted by Crippen LogP contribution is -2.22. The van der Waals surface area contributed by atoms with Crippen molar-refractivity contribution in [3.63, 3.8) is 0 Å². The molecule has 1 aromatic carbocycles. The Morgan fingerprint density at radius 3 is 2.93 bits per heavy atom. The van der Waals surface area contributed by atoms with Gasteiger partial charge < -0.3 is 5.32 Å². The molecule has 76 valence electrons. The van der Waals surface area contributed by atoms with Crippen LogP contribution in [0.25, 0.3) is 0 Å². The molecule has 1 unspecified atom stereocenters. The first-order chi connectivity index (χ1) is 6.63. The molecule has 3 heteroatoms. The largest absolute Gasteiger partial charge is 0.307 e. The van der Waals surface area contributed by atoms with Gasteiger partial charge in [-0.15, -0.1) is 6.58 Å². The second-order valence-corrected chi connectivity index (χ2v) is 4.01. The number of hydrogen-bond acceptors (Lipinski definition) is 1. The summed E-state index contributed by atoms with van der Waals surface area (Å²) in [5.41, 5.74) is 0.930. The first-order valence-corrected chi connectivity index (χ1v) is 5.22. The third-order valence-corrected chi connectivity index (χ3v) is 2.61. The first-order valence-electron chi connectivity index (χ1n) is 4.43. The van der Waals surface area contributed by atoms with Gasteiger partial charge in [-0.2, -0.15) is 0 Å². The average Bonchev–Trinajstić information content (AvgIpc) is 2.19. The van der Waals surface area contributed by atoms with E-state index in [4.69, 9.17) is 0 Å². The Hall–Kier alpha value is -0.670. The van der Waals surface area contributed by atoms with Crippen LogP contribution in [0.15, 0.2) is 35.3 Å². The molecule has 0 saturated carbocycles. The molecule has 0 aliphatic heterocycles. The van der Waals surface area contributed by atoms with E-state index in [1.54, 1.807) is 6.07 Å². The van der Waals surface area contributed by atoms with Gasteiger partial charge in [0.1, 0.15) is 5.82 Å². The standard InChI is InChI=1S/C11H13BrFN/c1-3-8(2)14-7-9-4-5-10(12)11(13)6-9/h3-6,8,14H,1,7H2,2H3. The van der Waals surface area contributed by atoms with Crippen LogP contribution >= 0.6 is 15.9 Å². The molecule has 1 atom stereocenters. The Bertz CT molecular complexity index is 325. The van der Waals surface area contributed by atoms with E-state index in [0.29, 0.717) is 11.0 Å². The minimum absolute atomic E-state index is 0.226. The quantitative estimate of drug-likeness (QED) is 0.817. The highest BCUT2D eigenvalue weighted by Gasteiger charge is 2.01. The summed E-state index contributed by atoms with van der Waals surface area (Å²) in [6, 6.07) is 5.36. The van der Waals surface area contributed by atoms with Gasteiger partial charge in [0, 0.05) is 12.6 Å². The maximum Gasteiger partial charge on any atom is 0.137 e. The minimum atomic E-state index is -0.226. The number of rotatable bonds is 4. The van der Waals surface area contributed by atoms with Crippen LogP contribution in [0.1, 0.15) is 12.5 Å². The normalized spacial score (nSPS) is 12.5. The lowest BCUT2D eigenvalue weighted by atomic mass is 10.2.